The fourth-order valence-electron chi connectivity index (χ4n) is 6.60. The number of likely N-dealkylation sites (N-methyl/N-ethyl adjacent to an activating group) is 1. The molecule has 0 fully saturated rings. The molecule has 50 heavy (non-hydrogen) atoms. The second-order valence-corrected chi connectivity index (χ2v) is 17.2. The van der Waals surface area contributed by atoms with Crippen LogP contribution in [-0.2, 0) is 23.2 Å². The van der Waals surface area contributed by atoms with Gasteiger partial charge in [0.15, 0.2) is 11.6 Å². The van der Waals surface area contributed by atoms with Crippen LogP contribution in [0, 0.1) is 0 Å². The summed E-state index contributed by atoms with van der Waals surface area (Å²) in [5.41, 5.74) is -2.14. The number of aliphatic hydroxyl groups excluding tert-OH is 2. The summed E-state index contributed by atoms with van der Waals surface area (Å²) < 4.78 is 23.9. The smallest absolute Gasteiger partial charge is 0.394 e. The third kappa shape index (κ3) is 27.0. The molecule has 0 heterocycles. The number of nitrogens with zero attached hydrogens (tertiary/aromatic N) is 1. The number of Topliss-reactive ketones (excluding diaryl/α,β-unsaturated/α-hetero) is 2. The van der Waals surface area contributed by atoms with Gasteiger partial charge in [-0.05, 0) is 12.8 Å². The Morgan fingerprint density at radius 2 is 0.900 bits per heavy atom. The van der Waals surface area contributed by atoms with E-state index < -0.39 is 44.3 Å². The third-order valence-corrected chi connectivity index (χ3v) is 10.5. The molecule has 0 saturated heterocycles. The van der Waals surface area contributed by atoms with Crippen molar-refractivity contribution in [2.75, 3.05) is 40.9 Å². The molecule has 0 aromatic rings. The zero-order chi connectivity index (χ0) is 37.6. The molecule has 0 aromatic heterocycles. The fraction of sp³-hybridized carbons (Fsp3) is 0.950. The molecule has 0 spiro atoms. The largest absolute Gasteiger partial charge is 0.473 e. The lowest BCUT2D eigenvalue weighted by molar-refractivity contribution is -0.874. The Morgan fingerprint density at radius 3 is 1.18 bits per heavy atom. The molecule has 0 bridgehead atoms. The average molecular weight is 735 g/mol. The molecule has 1 unspecified atom stereocenters. The van der Waals surface area contributed by atoms with Crippen LogP contribution in [0.25, 0.3) is 0 Å². The SMILES string of the molecule is CCCCCCCCCCCCCCCC(=O)C(C[N+](C)(C)C)(OP(=O)(O)OC[C@H](O)CO)C(=O)CCCCCCCCCCCCCCC. The van der Waals surface area contributed by atoms with Crippen molar-refractivity contribution >= 4 is 19.4 Å². The minimum absolute atomic E-state index is 0.0708. The van der Waals surface area contributed by atoms with Gasteiger partial charge in [0.25, 0.3) is 0 Å². The molecular formula is C40H81NO8P+. The van der Waals surface area contributed by atoms with E-state index in [9.17, 15) is 24.2 Å². The van der Waals surface area contributed by atoms with E-state index in [1.807, 2.05) is 21.1 Å². The highest BCUT2D eigenvalue weighted by Gasteiger charge is 2.54. The van der Waals surface area contributed by atoms with E-state index in [0.717, 1.165) is 38.5 Å². The zero-order valence-electron chi connectivity index (χ0n) is 33.3. The summed E-state index contributed by atoms with van der Waals surface area (Å²) in [6.45, 7) is 3.04. The molecule has 9 nitrogen and oxygen atoms in total. The molecule has 0 aromatic carbocycles. The Kier molecular flexibility index (Phi) is 30.3. The van der Waals surface area contributed by atoms with Gasteiger partial charge in [-0.1, -0.05) is 168 Å². The number of carbonyl (C=O) groups is 2. The van der Waals surface area contributed by atoms with Crippen molar-refractivity contribution < 1.29 is 42.8 Å². The van der Waals surface area contributed by atoms with Crippen LogP contribution in [0.1, 0.15) is 194 Å². The fourth-order valence-corrected chi connectivity index (χ4v) is 7.67. The quantitative estimate of drug-likeness (QED) is 0.0247. The first-order valence-corrected chi connectivity index (χ1v) is 22.2. The van der Waals surface area contributed by atoms with Gasteiger partial charge < -0.3 is 19.6 Å². The molecule has 0 aliphatic carbocycles. The van der Waals surface area contributed by atoms with Crippen LogP contribution in [-0.4, -0.2) is 83.8 Å². The van der Waals surface area contributed by atoms with Crippen LogP contribution >= 0.6 is 7.82 Å². The predicted molar refractivity (Wildman–Crippen MR) is 206 cm³/mol. The van der Waals surface area contributed by atoms with Crippen LogP contribution < -0.4 is 0 Å². The number of phosphoric ester groups is 1. The number of carbonyl (C=O) groups excluding carboxylic acids is 2. The minimum Gasteiger partial charge on any atom is -0.394 e. The van der Waals surface area contributed by atoms with Crippen molar-refractivity contribution in [3.05, 3.63) is 0 Å². The van der Waals surface area contributed by atoms with Gasteiger partial charge in [0.1, 0.15) is 12.6 Å². The highest BCUT2D eigenvalue weighted by atomic mass is 31.2. The summed E-state index contributed by atoms with van der Waals surface area (Å²) in [6.07, 6.45) is 29.0. The number of unbranched alkanes of at least 4 members (excludes halogenated alkanes) is 24. The van der Waals surface area contributed by atoms with Gasteiger partial charge in [0.2, 0.25) is 5.60 Å². The average Bonchev–Trinajstić information content (AvgIpc) is 3.06. The van der Waals surface area contributed by atoms with Gasteiger partial charge in [-0.25, -0.2) is 4.57 Å². The summed E-state index contributed by atoms with van der Waals surface area (Å²) >= 11 is 0. The van der Waals surface area contributed by atoms with Crippen LogP contribution in [0.3, 0.4) is 0 Å². The van der Waals surface area contributed by atoms with Crippen molar-refractivity contribution in [3.63, 3.8) is 0 Å². The number of rotatable bonds is 38. The minimum atomic E-state index is -4.94. The second kappa shape index (κ2) is 30.8. The maximum absolute atomic E-state index is 14.0. The molecule has 0 radical (unpaired) electrons. The van der Waals surface area contributed by atoms with E-state index in [4.69, 9.17) is 14.2 Å². The van der Waals surface area contributed by atoms with Gasteiger partial charge in [0.05, 0.1) is 34.4 Å². The van der Waals surface area contributed by atoms with E-state index in [2.05, 4.69) is 13.8 Å². The Hall–Kier alpha value is -0.670. The zero-order valence-corrected chi connectivity index (χ0v) is 34.2. The van der Waals surface area contributed by atoms with Crippen molar-refractivity contribution in [3.8, 4) is 0 Å². The Morgan fingerprint density at radius 1 is 0.600 bits per heavy atom. The molecule has 3 N–H and O–H groups in total. The Bertz CT molecular complexity index is 836. The molecule has 10 heteroatoms. The molecule has 0 aliphatic rings. The van der Waals surface area contributed by atoms with E-state index in [1.54, 1.807) is 0 Å². The summed E-state index contributed by atoms with van der Waals surface area (Å²) in [6, 6.07) is 0. The van der Waals surface area contributed by atoms with Gasteiger partial charge in [0, 0.05) is 12.8 Å². The first-order chi connectivity index (χ1) is 23.8. The van der Waals surface area contributed by atoms with Crippen LogP contribution in [0.4, 0.5) is 0 Å². The molecule has 0 aliphatic heterocycles. The van der Waals surface area contributed by atoms with Crippen molar-refractivity contribution in [2.45, 2.75) is 205 Å². The molecule has 2 atom stereocenters. The predicted octanol–water partition coefficient (Wildman–Crippen LogP) is 10.0. The van der Waals surface area contributed by atoms with Gasteiger partial charge in [-0.15, -0.1) is 0 Å². The normalized spacial score (nSPS) is 14.2. The molecular weight excluding hydrogens is 653 g/mol. The van der Waals surface area contributed by atoms with Crippen LogP contribution in [0.5, 0.6) is 0 Å². The molecule has 0 saturated carbocycles. The van der Waals surface area contributed by atoms with E-state index >= 15 is 0 Å². The lowest BCUT2D eigenvalue weighted by Gasteiger charge is -2.37. The highest BCUT2D eigenvalue weighted by Crippen LogP contribution is 2.49. The number of phosphoric acid groups is 1. The van der Waals surface area contributed by atoms with Gasteiger partial charge in [-0.2, -0.15) is 0 Å². The number of aliphatic hydroxyl groups is 2. The molecule has 0 amide bonds. The standard InChI is InChI=1S/C40H80NO8P/c1-6-8-10-12-14-16-18-20-22-24-26-28-30-32-38(44)40(36-41(3,4)5,49-50(46,47)48-35-37(43)34-42)39(45)33-31-29-27-25-23-21-19-17-15-13-11-9-7-2/h37,42-43H,6-36H2,1-5H3/p+1/t37-/m1/s1. The van der Waals surface area contributed by atoms with E-state index in [-0.39, 0.29) is 23.9 Å². The second-order valence-electron chi connectivity index (χ2n) is 15.8. The number of hydrogen-bond donors (Lipinski definition) is 3. The van der Waals surface area contributed by atoms with E-state index in [0.29, 0.717) is 12.8 Å². The van der Waals surface area contributed by atoms with Gasteiger partial charge >= 0.3 is 7.82 Å². The monoisotopic (exact) mass is 735 g/mol. The summed E-state index contributed by atoms with van der Waals surface area (Å²) in [5.74, 6) is -0.984. The van der Waals surface area contributed by atoms with Crippen molar-refractivity contribution in [1.29, 1.82) is 0 Å². The first-order valence-electron chi connectivity index (χ1n) is 20.7. The summed E-state index contributed by atoms with van der Waals surface area (Å²) in [4.78, 5) is 38.6. The lowest BCUT2D eigenvalue weighted by Crippen LogP contribution is -2.59. The van der Waals surface area contributed by atoms with Crippen LogP contribution in [0.15, 0.2) is 0 Å². The Balaban J connectivity index is 5.11. The number of quaternary nitrogens is 1. The summed E-state index contributed by atoms with van der Waals surface area (Å²) in [5, 5.41) is 18.8. The van der Waals surface area contributed by atoms with Crippen LogP contribution in [0.2, 0.25) is 0 Å². The number of ketones is 2. The maximum Gasteiger partial charge on any atom is 0.473 e. The lowest BCUT2D eigenvalue weighted by atomic mass is 9.86. The van der Waals surface area contributed by atoms with Gasteiger partial charge in [-0.3, -0.25) is 18.6 Å². The molecule has 0 rings (SSSR count). The highest BCUT2D eigenvalue weighted by molar-refractivity contribution is 7.47. The summed E-state index contributed by atoms with van der Waals surface area (Å²) in [7, 11) is 0.499. The van der Waals surface area contributed by atoms with Crippen molar-refractivity contribution in [1.82, 2.24) is 0 Å². The van der Waals surface area contributed by atoms with Crippen molar-refractivity contribution in [2.24, 2.45) is 0 Å². The molecule has 298 valence electrons. The number of hydrogen-bond acceptors (Lipinski definition) is 7. The third-order valence-electron chi connectivity index (χ3n) is 9.52. The topological polar surface area (TPSA) is 130 Å². The van der Waals surface area contributed by atoms with E-state index in [1.165, 1.54) is 116 Å². The maximum atomic E-state index is 14.0. The Labute approximate surface area is 307 Å². The first kappa shape index (κ1) is 49.3.